The van der Waals surface area contributed by atoms with Crippen LogP contribution in [-0.4, -0.2) is 31.8 Å². The molecule has 0 bridgehead atoms. The first-order valence-corrected chi connectivity index (χ1v) is 8.71. The van der Waals surface area contributed by atoms with Gasteiger partial charge in [-0.2, -0.15) is 0 Å². The minimum Gasteiger partial charge on any atom is -0.491 e. The highest BCUT2D eigenvalue weighted by molar-refractivity contribution is 6.33. The topological polar surface area (TPSA) is 59.6 Å². The standard InChI is InChI=1S/C19H21ClN2O3/c20-17-5-1-2-6-18(17)22-19(23)12-21-14-7-9-15(10-8-14)25-13-16-4-3-11-24-16/h1-2,5-10,16,21H,3-4,11-13H2,(H,22,23). The number of amides is 1. The minimum absolute atomic E-state index is 0.154. The van der Waals surface area contributed by atoms with E-state index < -0.39 is 0 Å². The number of hydrogen-bond acceptors (Lipinski definition) is 4. The highest BCUT2D eigenvalue weighted by Gasteiger charge is 2.15. The van der Waals surface area contributed by atoms with E-state index >= 15 is 0 Å². The van der Waals surface area contributed by atoms with Gasteiger partial charge < -0.3 is 20.1 Å². The van der Waals surface area contributed by atoms with Crippen LogP contribution in [0.4, 0.5) is 11.4 Å². The van der Waals surface area contributed by atoms with E-state index in [-0.39, 0.29) is 18.6 Å². The lowest BCUT2D eigenvalue weighted by atomic mass is 10.2. The van der Waals surface area contributed by atoms with Gasteiger partial charge in [-0.3, -0.25) is 4.79 Å². The minimum atomic E-state index is -0.160. The number of para-hydroxylation sites is 1. The zero-order valence-electron chi connectivity index (χ0n) is 13.8. The van der Waals surface area contributed by atoms with Crippen LogP contribution in [0.1, 0.15) is 12.8 Å². The number of ether oxygens (including phenoxy) is 2. The maximum atomic E-state index is 12.0. The molecule has 25 heavy (non-hydrogen) atoms. The Morgan fingerprint density at radius 2 is 2.00 bits per heavy atom. The van der Waals surface area contributed by atoms with Gasteiger partial charge in [0, 0.05) is 12.3 Å². The Morgan fingerprint density at radius 1 is 1.20 bits per heavy atom. The lowest BCUT2D eigenvalue weighted by Crippen LogP contribution is -2.21. The zero-order valence-corrected chi connectivity index (χ0v) is 14.6. The molecule has 2 aromatic carbocycles. The summed E-state index contributed by atoms with van der Waals surface area (Å²) in [6, 6.07) is 14.7. The molecule has 1 heterocycles. The van der Waals surface area contributed by atoms with Crippen LogP contribution in [0.15, 0.2) is 48.5 Å². The summed E-state index contributed by atoms with van der Waals surface area (Å²) in [5.41, 5.74) is 1.45. The molecule has 1 fully saturated rings. The van der Waals surface area contributed by atoms with Crippen molar-refractivity contribution in [3.63, 3.8) is 0 Å². The van der Waals surface area contributed by atoms with Crippen LogP contribution in [0.2, 0.25) is 5.02 Å². The normalized spacial score (nSPS) is 16.4. The van der Waals surface area contributed by atoms with Crippen molar-refractivity contribution in [2.45, 2.75) is 18.9 Å². The molecular formula is C19H21ClN2O3. The summed E-state index contributed by atoms with van der Waals surface area (Å²) < 4.78 is 11.2. The van der Waals surface area contributed by atoms with Gasteiger partial charge in [0.25, 0.3) is 0 Å². The number of anilines is 2. The van der Waals surface area contributed by atoms with Gasteiger partial charge in [0.05, 0.1) is 23.4 Å². The van der Waals surface area contributed by atoms with Crippen molar-refractivity contribution in [1.82, 2.24) is 0 Å². The molecule has 2 N–H and O–H groups in total. The lowest BCUT2D eigenvalue weighted by Gasteiger charge is -2.12. The molecule has 0 aliphatic carbocycles. The predicted molar refractivity (Wildman–Crippen MR) is 99.5 cm³/mol. The average molecular weight is 361 g/mol. The second kappa shape index (κ2) is 8.74. The SMILES string of the molecule is O=C(CNc1ccc(OCC2CCCO2)cc1)Nc1ccccc1Cl. The van der Waals surface area contributed by atoms with Crippen molar-refractivity contribution < 1.29 is 14.3 Å². The summed E-state index contributed by atoms with van der Waals surface area (Å²) in [7, 11) is 0. The largest absolute Gasteiger partial charge is 0.491 e. The second-order valence-corrected chi connectivity index (χ2v) is 6.26. The van der Waals surface area contributed by atoms with Gasteiger partial charge in [-0.05, 0) is 49.2 Å². The highest BCUT2D eigenvalue weighted by Crippen LogP contribution is 2.21. The fourth-order valence-corrected chi connectivity index (χ4v) is 2.76. The van der Waals surface area contributed by atoms with Gasteiger partial charge in [0.15, 0.2) is 0 Å². The van der Waals surface area contributed by atoms with Crippen LogP contribution in [0.3, 0.4) is 0 Å². The Balaban J connectivity index is 1.43. The monoisotopic (exact) mass is 360 g/mol. The third-order valence-corrected chi connectivity index (χ3v) is 4.24. The Kier molecular flexibility index (Phi) is 6.14. The molecular weight excluding hydrogens is 340 g/mol. The molecule has 1 amide bonds. The first-order chi connectivity index (χ1) is 12.2. The number of carbonyl (C=O) groups excluding carboxylic acids is 1. The van der Waals surface area contributed by atoms with Crippen molar-refractivity contribution in [3.05, 3.63) is 53.6 Å². The molecule has 0 radical (unpaired) electrons. The third-order valence-electron chi connectivity index (χ3n) is 3.92. The van der Waals surface area contributed by atoms with Crippen molar-refractivity contribution in [2.75, 3.05) is 30.4 Å². The van der Waals surface area contributed by atoms with Gasteiger partial charge in [0.2, 0.25) is 5.91 Å². The van der Waals surface area contributed by atoms with E-state index in [4.69, 9.17) is 21.1 Å². The number of halogens is 1. The fraction of sp³-hybridized carbons (Fsp3) is 0.316. The molecule has 3 rings (SSSR count). The van der Waals surface area contributed by atoms with Crippen molar-refractivity contribution in [3.8, 4) is 5.75 Å². The summed E-state index contributed by atoms with van der Waals surface area (Å²) in [6.45, 7) is 1.56. The van der Waals surface area contributed by atoms with Gasteiger partial charge in [0.1, 0.15) is 12.4 Å². The van der Waals surface area contributed by atoms with E-state index in [1.54, 1.807) is 12.1 Å². The summed E-state index contributed by atoms with van der Waals surface area (Å²) in [5.74, 6) is 0.633. The van der Waals surface area contributed by atoms with Crippen molar-refractivity contribution in [1.29, 1.82) is 0 Å². The van der Waals surface area contributed by atoms with E-state index in [1.165, 1.54) is 0 Å². The first-order valence-electron chi connectivity index (χ1n) is 8.33. The lowest BCUT2D eigenvalue weighted by molar-refractivity contribution is -0.114. The van der Waals surface area contributed by atoms with Gasteiger partial charge in [-0.25, -0.2) is 0 Å². The van der Waals surface area contributed by atoms with Crippen molar-refractivity contribution in [2.24, 2.45) is 0 Å². The number of carbonyl (C=O) groups is 1. The van der Waals surface area contributed by atoms with E-state index in [1.807, 2.05) is 36.4 Å². The summed E-state index contributed by atoms with van der Waals surface area (Å²) in [6.07, 6.45) is 2.36. The first kappa shape index (κ1) is 17.6. The molecule has 0 aromatic heterocycles. The molecule has 0 saturated carbocycles. The number of benzene rings is 2. The molecule has 6 heteroatoms. The van der Waals surface area contributed by atoms with Crippen LogP contribution in [0, 0.1) is 0 Å². The molecule has 1 saturated heterocycles. The van der Waals surface area contributed by atoms with Crippen LogP contribution < -0.4 is 15.4 Å². The molecule has 1 aliphatic rings. The van der Waals surface area contributed by atoms with E-state index in [9.17, 15) is 4.79 Å². The predicted octanol–water partition coefficient (Wildman–Crippen LogP) is 3.95. The van der Waals surface area contributed by atoms with E-state index in [0.717, 1.165) is 30.9 Å². The van der Waals surface area contributed by atoms with E-state index in [0.29, 0.717) is 17.3 Å². The smallest absolute Gasteiger partial charge is 0.243 e. The Bertz CT molecular complexity index is 700. The molecule has 5 nitrogen and oxygen atoms in total. The zero-order chi connectivity index (χ0) is 17.5. The summed E-state index contributed by atoms with van der Waals surface area (Å²) in [5, 5.41) is 6.36. The highest BCUT2D eigenvalue weighted by atomic mass is 35.5. The van der Waals surface area contributed by atoms with Crippen LogP contribution in [0.5, 0.6) is 5.75 Å². The fourth-order valence-electron chi connectivity index (χ4n) is 2.57. The van der Waals surface area contributed by atoms with Crippen LogP contribution in [-0.2, 0) is 9.53 Å². The third kappa shape index (κ3) is 5.37. The molecule has 0 spiro atoms. The number of rotatable bonds is 7. The Hall–Kier alpha value is -2.24. The quantitative estimate of drug-likeness (QED) is 0.785. The summed E-state index contributed by atoms with van der Waals surface area (Å²) in [4.78, 5) is 12.0. The van der Waals surface area contributed by atoms with Crippen LogP contribution in [0.25, 0.3) is 0 Å². The number of hydrogen-bond donors (Lipinski definition) is 2. The van der Waals surface area contributed by atoms with Gasteiger partial charge in [-0.1, -0.05) is 23.7 Å². The van der Waals surface area contributed by atoms with Crippen molar-refractivity contribution >= 4 is 28.9 Å². The maximum absolute atomic E-state index is 12.0. The van der Waals surface area contributed by atoms with Crippen LogP contribution >= 0.6 is 11.6 Å². The molecule has 1 aliphatic heterocycles. The number of nitrogens with one attached hydrogen (secondary N) is 2. The average Bonchev–Trinajstić information content (AvgIpc) is 3.15. The Morgan fingerprint density at radius 3 is 2.72 bits per heavy atom. The Labute approximate surface area is 152 Å². The molecule has 1 unspecified atom stereocenters. The summed E-state index contributed by atoms with van der Waals surface area (Å²) >= 11 is 6.02. The molecule has 132 valence electrons. The van der Waals surface area contributed by atoms with Gasteiger partial charge in [-0.15, -0.1) is 0 Å². The van der Waals surface area contributed by atoms with E-state index in [2.05, 4.69) is 10.6 Å². The van der Waals surface area contributed by atoms with Gasteiger partial charge >= 0.3 is 0 Å². The maximum Gasteiger partial charge on any atom is 0.243 e. The molecule has 2 aromatic rings. The second-order valence-electron chi connectivity index (χ2n) is 5.85. The molecule has 1 atom stereocenters.